The van der Waals surface area contributed by atoms with Crippen LogP contribution in [0, 0.1) is 0 Å². The second-order valence-corrected chi connectivity index (χ2v) is 3.44. The summed E-state index contributed by atoms with van der Waals surface area (Å²) in [7, 11) is 0. The second kappa shape index (κ2) is 4.45. The van der Waals surface area contributed by atoms with Crippen molar-refractivity contribution in [1.29, 1.82) is 0 Å². The van der Waals surface area contributed by atoms with Gasteiger partial charge in [-0.3, -0.25) is 0 Å². The van der Waals surface area contributed by atoms with E-state index >= 15 is 0 Å². The van der Waals surface area contributed by atoms with Crippen LogP contribution >= 0.6 is 0 Å². The van der Waals surface area contributed by atoms with Gasteiger partial charge in [0.25, 0.3) is 5.03 Å². The van der Waals surface area contributed by atoms with E-state index in [9.17, 15) is 4.55 Å². The quantitative estimate of drug-likeness (QED) is 0.290. The summed E-state index contributed by atoms with van der Waals surface area (Å²) in [5.74, 6) is 5.44. The molecule has 0 aliphatic heterocycles. The molecule has 1 atom stereocenters. The molecular formula is C5H14N4OS. The summed E-state index contributed by atoms with van der Waals surface area (Å²) in [6.07, 6.45) is 1.36. The Balaban J connectivity index is 4.07. The first-order chi connectivity index (χ1) is 4.95. The van der Waals surface area contributed by atoms with E-state index in [1.54, 1.807) is 0 Å². The highest BCUT2D eigenvalue weighted by molar-refractivity contribution is 7.92. The zero-order valence-electron chi connectivity index (χ0n) is 6.65. The van der Waals surface area contributed by atoms with E-state index in [2.05, 4.69) is 0 Å². The van der Waals surface area contributed by atoms with Crippen LogP contribution in [0.2, 0.25) is 0 Å². The summed E-state index contributed by atoms with van der Waals surface area (Å²) < 4.78 is 10.5. The highest BCUT2D eigenvalue weighted by Gasteiger charge is 2.07. The Hall–Kier alpha value is -0.430. The number of hydrogen-bond acceptors (Lipinski definition) is 5. The van der Waals surface area contributed by atoms with Gasteiger partial charge in [-0.05, 0) is 13.8 Å². The first-order valence-corrected chi connectivity index (χ1v) is 4.33. The zero-order valence-corrected chi connectivity index (χ0v) is 7.47. The molecule has 0 fully saturated rings. The van der Waals surface area contributed by atoms with E-state index in [4.69, 9.17) is 16.7 Å². The Morgan fingerprint density at radius 3 is 2.36 bits per heavy atom. The third kappa shape index (κ3) is 4.10. The van der Waals surface area contributed by atoms with Crippen LogP contribution in [0.15, 0.2) is 11.2 Å². The molecule has 6 heteroatoms. The van der Waals surface area contributed by atoms with Gasteiger partial charge in [-0.2, -0.15) is 0 Å². The lowest BCUT2D eigenvalue weighted by atomic mass is 10.4. The molecule has 0 heterocycles. The van der Waals surface area contributed by atoms with Crippen molar-refractivity contribution in [2.45, 2.75) is 19.9 Å². The largest absolute Gasteiger partial charge is 0.592 e. The van der Waals surface area contributed by atoms with Gasteiger partial charge in [0, 0.05) is 6.04 Å². The normalized spacial score (nSPS) is 15.3. The molecule has 0 aromatic carbocycles. The fourth-order valence-electron chi connectivity index (χ4n) is 0.348. The van der Waals surface area contributed by atoms with E-state index in [0.717, 1.165) is 0 Å². The highest BCUT2D eigenvalue weighted by Crippen LogP contribution is 1.96. The van der Waals surface area contributed by atoms with Crippen LogP contribution in [-0.4, -0.2) is 15.6 Å². The molecule has 0 bridgehead atoms. The van der Waals surface area contributed by atoms with E-state index < -0.39 is 11.4 Å². The lowest BCUT2D eigenvalue weighted by Crippen LogP contribution is -2.34. The van der Waals surface area contributed by atoms with Crippen LogP contribution in [0.5, 0.6) is 0 Å². The fourth-order valence-corrected chi connectivity index (χ4v) is 0.574. The first kappa shape index (κ1) is 10.6. The van der Waals surface area contributed by atoms with Crippen molar-refractivity contribution in [2.75, 3.05) is 0 Å². The minimum absolute atomic E-state index is 0.0706. The third-order valence-corrected chi connectivity index (χ3v) is 1.67. The van der Waals surface area contributed by atoms with Gasteiger partial charge in [0.05, 0.1) is 17.6 Å². The summed E-state index contributed by atoms with van der Waals surface area (Å²) in [6.45, 7) is 3.76. The number of rotatable bonds is 3. The van der Waals surface area contributed by atoms with Gasteiger partial charge in [0.2, 0.25) is 0 Å². The van der Waals surface area contributed by atoms with Crippen LogP contribution in [0.25, 0.3) is 0 Å². The molecule has 6 N–H and O–H groups in total. The number of hydrogen-bond donors (Lipinski definition) is 3. The molecule has 1 unspecified atom stereocenters. The maximum atomic E-state index is 10.5. The molecule has 66 valence electrons. The molecule has 11 heavy (non-hydrogen) atoms. The average molecular weight is 178 g/mol. The van der Waals surface area contributed by atoms with Gasteiger partial charge >= 0.3 is 0 Å². The molecule has 0 aromatic rings. The predicted molar refractivity (Wildman–Crippen MR) is 45.8 cm³/mol. The van der Waals surface area contributed by atoms with Gasteiger partial charge in [-0.25, -0.2) is 5.84 Å². The molecule has 0 saturated carbocycles. The minimum atomic E-state index is -1.63. The Kier molecular flexibility index (Phi) is 4.27. The molecule has 0 aliphatic carbocycles. The smallest absolute Gasteiger partial charge is 0.254 e. The van der Waals surface area contributed by atoms with E-state index in [-0.39, 0.29) is 11.1 Å². The maximum absolute atomic E-state index is 10.5. The Labute approximate surface area is 69.5 Å². The third-order valence-electron chi connectivity index (χ3n) is 1.10. The summed E-state index contributed by atoms with van der Waals surface area (Å²) in [5.41, 5.74) is 5.27. The first-order valence-electron chi connectivity index (χ1n) is 3.11. The maximum Gasteiger partial charge on any atom is 0.254 e. The topological polar surface area (TPSA) is 104 Å². The zero-order chi connectivity index (χ0) is 9.02. The summed E-state index contributed by atoms with van der Waals surface area (Å²) in [5, 5.41) is 6.40. The van der Waals surface area contributed by atoms with Crippen molar-refractivity contribution in [1.82, 2.24) is 5.01 Å². The van der Waals surface area contributed by atoms with Crippen LogP contribution in [-0.2, 0) is 11.4 Å². The summed E-state index contributed by atoms with van der Waals surface area (Å²) in [6, 6.07) is 0.108. The molecule has 0 aliphatic rings. The van der Waals surface area contributed by atoms with Gasteiger partial charge in [0.15, 0.2) is 0 Å². The lowest BCUT2D eigenvalue weighted by Gasteiger charge is -2.17. The van der Waals surface area contributed by atoms with Crippen molar-refractivity contribution < 1.29 is 4.55 Å². The van der Waals surface area contributed by atoms with Crippen LogP contribution < -0.4 is 16.7 Å². The molecule has 0 spiro atoms. The number of nitrogens with two attached hydrogens (primary N) is 3. The molecule has 0 rings (SSSR count). The molecule has 0 amide bonds. The number of hydrazine groups is 1. The molecule has 0 aromatic heterocycles. The van der Waals surface area contributed by atoms with Gasteiger partial charge < -0.3 is 15.3 Å². The van der Waals surface area contributed by atoms with Gasteiger partial charge in [0.1, 0.15) is 0 Å². The monoisotopic (exact) mass is 178 g/mol. The summed E-state index contributed by atoms with van der Waals surface area (Å²) in [4.78, 5) is 0. The van der Waals surface area contributed by atoms with Crippen molar-refractivity contribution in [3.05, 3.63) is 11.2 Å². The van der Waals surface area contributed by atoms with Crippen molar-refractivity contribution >= 4 is 11.4 Å². The predicted octanol–water partition coefficient (Wildman–Crippen LogP) is -1.05. The van der Waals surface area contributed by atoms with Crippen molar-refractivity contribution in [2.24, 2.45) is 16.7 Å². The van der Waals surface area contributed by atoms with Gasteiger partial charge in [-0.1, -0.05) is 0 Å². The Morgan fingerprint density at radius 2 is 2.09 bits per heavy atom. The lowest BCUT2D eigenvalue weighted by molar-refractivity contribution is 0.321. The molecule has 5 nitrogen and oxygen atoms in total. The second-order valence-electron chi connectivity index (χ2n) is 2.37. The van der Waals surface area contributed by atoms with Crippen molar-refractivity contribution in [3.63, 3.8) is 0 Å². The van der Waals surface area contributed by atoms with E-state index in [1.807, 2.05) is 13.8 Å². The van der Waals surface area contributed by atoms with Gasteiger partial charge in [-0.15, -0.1) is 5.14 Å². The minimum Gasteiger partial charge on any atom is -0.592 e. The number of nitrogens with zero attached hydrogens (tertiary/aromatic N) is 1. The van der Waals surface area contributed by atoms with E-state index in [0.29, 0.717) is 0 Å². The summed E-state index contributed by atoms with van der Waals surface area (Å²) >= 11 is -1.63. The average Bonchev–Trinajstić information content (AvgIpc) is 1.87. The molecule has 0 radical (unpaired) electrons. The standard InChI is InChI=1S/C5H14N4OS/c1-4(2)9(7)3-5(6)11(8)10/h3-4H,6-8H2,1-2H3/b5-3+. The van der Waals surface area contributed by atoms with Crippen LogP contribution in [0.4, 0.5) is 0 Å². The molecular weight excluding hydrogens is 164 g/mol. The Morgan fingerprint density at radius 1 is 1.64 bits per heavy atom. The fraction of sp³-hybridized carbons (Fsp3) is 0.600. The van der Waals surface area contributed by atoms with E-state index in [1.165, 1.54) is 11.2 Å². The van der Waals surface area contributed by atoms with Crippen LogP contribution in [0.3, 0.4) is 0 Å². The molecule has 0 saturated heterocycles. The van der Waals surface area contributed by atoms with Crippen molar-refractivity contribution in [3.8, 4) is 0 Å². The SMILES string of the molecule is CC(C)N(N)/C=C(\N)[S+](N)[O-]. The van der Waals surface area contributed by atoms with Crippen LogP contribution in [0.1, 0.15) is 13.8 Å². The highest BCUT2D eigenvalue weighted by atomic mass is 32.2. The Bertz CT molecular complexity index is 147.